The van der Waals surface area contributed by atoms with E-state index in [0.717, 1.165) is 4.90 Å². The number of nitrogens with zero attached hydrogens (tertiary/aromatic N) is 1. The normalized spacial score (nSPS) is 19.3. The molecule has 2 aliphatic heterocycles. The number of carboxylic acids is 1. The molecule has 2 heterocycles. The molecule has 0 saturated carbocycles. The predicted octanol–water partition coefficient (Wildman–Crippen LogP) is -0.128. The molecule has 4 N–H and O–H groups in total. The molecule has 16 heteroatoms. The summed E-state index contributed by atoms with van der Waals surface area (Å²) in [7, 11) is 0. The van der Waals surface area contributed by atoms with E-state index in [4.69, 9.17) is 23.7 Å². The van der Waals surface area contributed by atoms with Crippen molar-refractivity contribution in [3.05, 3.63) is 35.9 Å². The summed E-state index contributed by atoms with van der Waals surface area (Å²) in [5.74, 6) is -3.17. The van der Waals surface area contributed by atoms with E-state index < -0.39 is 36.3 Å². The first kappa shape index (κ1) is 35.1. The van der Waals surface area contributed by atoms with Crippen molar-refractivity contribution in [3.8, 4) is 5.75 Å². The molecule has 3 atom stereocenters. The van der Waals surface area contributed by atoms with Crippen LogP contribution in [0.25, 0.3) is 0 Å². The Hall–Kier alpha value is -4.38. The van der Waals surface area contributed by atoms with Crippen molar-refractivity contribution < 1.29 is 62.7 Å². The zero-order valence-corrected chi connectivity index (χ0v) is 24.7. The average molecular weight is 636 g/mol. The number of hydrogen-bond donors (Lipinski definition) is 4. The molecular weight excluding hydrogens is 598 g/mol. The van der Waals surface area contributed by atoms with Gasteiger partial charge in [-0.1, -0.05) is 6.07 Å². The van der Waals surface area contributed by atoms with Gasteiger partial charge in [-0.15, -0.1) is 0 Å². The highest BCUT2D eigenvalue weighted by Gasteiger charge is 2.34. The van der Waals surface area contributed by atoms with Crippen LogP contribution < -0.4 is 15.4 Å². The van der Waals surface area contributed by atoms with E-state index in [1.165, 1.54) is 31.2 Å². The van der Waals surface area contributed by atoms with Gasteiger partial charge >= 0.3 is 11.9 Å². The molecule has 246 valence electrons. The SMILES string of the molecule is CC(=O)OCc1ccc(OC2CC(O)CC(C(=O)O)O2)c(NC(=O)CCNC(=O)CCOCCOCCN2C(=O)C=CC2=O)c1. The first-order chi connectivity index (χ1) is 21.5. The maximum absolute atomic E-state index is 12.7. The number of amides is 4. The van der Waals surface area contributed by atoms with Crippen LogP contribution >= 0.6 is 0 Å². The fourth-order valence-electron chi connectivity index (χ4n) is 4.20. The van der Waals surface area contributed by atoms with Gasteiger partial charge in [-0.25, -0.2) is 4.79 Å². The molecular formula is C29H37N3O13. The largest absolute Gasteiger partial charge is 0.479 e. The van der Waals surface area contributed by atoms with Crippen LogP contribution in [0.15, 0.2) is 30.4 Å². The third kappa shape index (κ3) is 12.3. The summed E-state index contributed by atoms with van der Waals surface area (Å²) in [4.78, 5) is 71.3. The molecule has 0 aliphatic carbocycles. The number of carbonyl (C=O) groups excluding carboxylic acids is 5. The van der Waals surface area contributed by atoms with E-state index in [2.05, 4.69) is 10.6 Å². The molecule has 3 unspecified atom stereocenters. The van der Waals surface area contributed by atoms with Gasteiger partial charge in [0.2, 0.25) is 18.1 Å². The second-order valence-electron chi connectivity index (χ2n) is 10.0. The number of imide groups is 1. The number of aliphatic carboxylic acids is 1. The number of esters is 1. The quantitative estimate of drug-likeness (QED) is 0.0941. The minimum atomic E-state index is -1.26. The van der Waals surface area contributed by atoms with E-state index >= 15 is 0 Å². The van der Waals surface area contributed by atoms with Gasteiger partial charge in [0.25, 0.3) is 11.8 Å². The van der Waals surface area contributed by atoms with Crippen molar-refractivity contribution in [1.29, 1.82) is 0 Å². The number of benzene rings is 1. The molecule has 1 aromatic carbocycles. The van der Waals surface area contributed by atoms with Crippen LogP contribution in [0.2, 0.25) is 0 Å². The van der Waals surface area contributed by atoms with Gasteiger partial charge in [0.1, 0.15) is 12.4 Å². The highest BCUT2D eigenvalue weighted by Crippen LogP contribution is 2.30. The Morgan fingerprint density at radius 1 is 0.978 bits per heavy atom. The topological polar surface area (TPSA) is 216 Å². The summed E-state index contributed by atoms with van der Waals surface area (Å²) in [6.07, 6.45) is -1.04. The summed E-state index contributed by atoms with van der Waals surface area (Å²) in [5.41, 5.74) is 0.728. The average Bonchev–Trinajstić information content (AvgIpc) is 3.30. The van der Waals surface area contributed by atoms with Gasteiger partial charge < -0.3 is 44.5 Å². The van der Waals surface area contributed by atoms with Crippen molar-refractivity contribution in [1.82, 2.24) is 10.2 Å². The number of aliphatic hydroxyl groups is 1. The summed E-state index contributed by atoms with van der Waals surface area (Å²) in [5, 5.41) is 24.6. The number of nitrogens with one attached hydrogen (secondary N) is 2. The molecule has 1 fully saturated rings. The molecule has 1 aromatic rings. The Kier molecular flexibility index (Phi) is 13.9. The standard InChI is InChI=1S/C29H37N3O13/c1-18(33)43-17-19-2-3-22(44-28-16-20(34)15-23(45-28)29(39)40)21(14-19)31-25(36)6-8-30-24(35)7-10-41-12-13-42-11-9-32-26(37)4-5-27(32)38/h2-5,14,20,23,28,34H,6-13,15-17H2,1H3,(H,30,35)(H,31,36)(H,39,40). The number of carbonyl (C=O) groups is 6. The number of hydrogen-bond acceptors (Lipinski definition) is 12. The molecule has 2 aliphatic rings. The van der Waals surface area contributed by atoms with Gasteiger partial charge in [-0.3, -0.25) is 28.9 Å². The molecule has 0 aromatic heterocycles. The molecule has 4 amide bonds. The summed E-state index contributed by atoms with van der Waals surface area (Å²) < 4.78 is 26.9. The van der Waals surface area contributed by atoms with Crippen LogP contribution in [0.5, 0.6) is 5.75 Å². The fourth-order valence-corrected chi connectivity index (χ4v) is 4.20. The van der Waals surface area contributed by atoms with Gasteiger partial charge in [-0.05, 0) is 17.7 Å². The smallest absolute Gasteiger partial charge is 0.333 e. The number of rotatable bonds is 18. The highest BCUT2D eigenvalue weighted by atomic mass is 16.7. The third-order valence-electron chi connectivity index (χ3n) is 6.44. The second-order valence-corrected chi connectivity index (χ2v) is 10.0. The van der Waals surface area contributed by atoms with E-state index in [-0.39, 0.29) is 101 Å². The third-order valence-corrected chi connectivity index (χ3v) is 6.44. The van der Waals surface area contributed by atoms with Crippen LogP contribution in [-0.2, 0) is 54.3 Å². The molecule has 0 spiro atoms. The monoisotopic (exact) mass is 635 g/mol. The number of ether oxygens (including phenoxy) is 5. The maximum atomic E-state index is 12.7. The second kappa shape index (κ2) is 17.8. The molecule has 16 nitrogen and oxygen atoms in total. The van der Waals surface area contributed by atoms with Crippen LogP contribution in [0, 0.1) is 0 Å². The number of anilines is 1. The van der Waals surface area contributed by atoms with Gasteiger partial charge in [-0.2, -0.15) is 0 Å². The Labute approximate surface area is 258 Å². The van der Waals surface area contributed by atoms with Gasteiger partial charge in [0.05, 0.1) is 44.8 Å². The van der Waals surface area contributed by atoms with E-state index in [9.17, 15) is 39.0 Å². The lowest BCUT2D eigenvalue weighted by molar-refractivity contribution is -0.195. The Morgan fingerprint density at radius 2 is 1.69 bits per heavy atom. The first-order valence-electron chi connectivity index (χ1n) is 14.3. The fraction of sp³-hybridized carbons (Fsp3) is 0.517. The lowest BCUT2D eigenvalue weighted by Gasteiger charge is -2.31. The summed E-state index contributed by atoms with van der Waals surface area (Å²) >= 11 is 0. The zero-order valence-electron chi connectivity index (χ0n) is 24.7. The van der Waals surface area contributed by atoms with Gasteiger partial charge in [0.15, 0.2) is 6.10 Å². The summed E-state index contributed by atoms with van der Waals surface area (Å²) in [6.45, 7) is 2.05. The number of carboxylic acid groups (broad SMARTS) is 1. The van der Waals surface area contributed by atoms with Crippen LogP contribution in [0.3, 0.4) is 0 Å². The Morgan fingerprint density at radius 3 is 2.38 bits per heavy atom. The highest BCUT2D eigenvalue weighted by molar-refractivity contribution is 6.12. The minimum absolute atomic E-state index is 0.0100. The number of aliphatic hydroxyl groups excluding tert-OH is 1. The maximum Gasteiger partial charge on any atom is 0.333 e. The Balaban J connectivity index is 1.38. The molecule has 3 rings (SSSR count). The molecule has 0 radical (unpaired) electrons. The van der Waals surface area contributed by atoms with Crippen LogP contribution in [0.1, 0.15) is 38.2 Å². The van der Waals surface area contributed by atoms with Crippen molar-refractivity contribution >= 4 is 41.3 Å². The van der Waals surface area contributed by atoms with E-state index in [0.29, 0.717) is 5.56 Å². The Bertz CT molecular complexity index is 1250. The van der Waals surface area contributed by atoms with Crippen molar-refractivity contribution in [3.63, 3.8) is 0 Å². The predicted molar refractivity (Wildman–Crippen MR) is 152 cm³/mol. The lowest BCUT2D eigenvalue weighted by atomic mass is 10.1. The first-order valence-corrected chi connectivity index (χ1v) is 14.3. The van der Waals surface area contributed by atoms with Crippen molar-refractivity contribution in [2.45, 2.75) is 57.7 Å². The molecule has 45 heavy (non-hydrogen) atoms. The van der Waals surface area contributed by atoms with Crippen molar-refractivity contribution in [2.24, 2.45) is 0 Å². The van der Waals surface area contributed by atoms with E-state index in [1.807, 2.05) is 0 Å². The molecule has 0 bridgehead atoms. The van der Waals surface area contributed by atoms with E-state index in [1.54, 1.807) is 6.07 Å². The van der Waals surface area contributed by atoms with Crippen molar-refractivity contribution in [2.75, 3.05) is 44.8 Å². The zero-order chi connectivity index (χ0) is 32.8. The molecule has 1 saturated heterocycles. The summed E-state index contributed by atoms with van der Waals surface area (Å²) in [6, 6.07) is 4.60. The lowest BCUT2D eigenvalue weighted by Crippen LogP contribution is -2.42. The minimum Gasteiger partial charge on any atom is -0.479 e. The van der Waals surface area contributed by atoms with Crippen LogP contribution in [0.4, 0.5) is 5.69 Å². The van der Waals surface area contributed by atoms with Gasteiger partial charge in [0, 0.05) is 51.3 Å². The van der Waals surface area contributed by atoms with Crippen LogP contribution in [-0.4, -0.2) is 109 Å².